The van der Waals surface area contributed by atoms with Crippen molar-refractivity contribution in [2.75, 3.05) is 23.8 Å². The molecule has 3 heterocycles. The van der Waals surface area contributed by atoms with E-state index in [1.807, 2.05) is 36.5 Å². The first-order chi connectivity index (χ1) is 16.1. The average molecular weight is 450 g/mol. The molecule has 172 valence electrons. The van der Waals surface area contributed by atoms with E-state index >= 15 is 0 Å². The highest BCUT2D eigenvalue weighted by Crippen LogP contribution is 2.16. The number of rotatable bonds is 4. The molecule has 11 nitrogen and oxygen atoms in total. The van der Waals surface area contributed by atoms with Gasteiger partial charge in [-0.15, -0.1) is 0 Å². The lowest BCUT2D eigenvalue weighted by molar-refractivity contribution is -0.122. The van der Waals surface area contributed by atoms with Crippen molar-refractivity contribution in [3.8, 4) is 5.69 Å². The molecule has 2 amide bonds. The summed E-state index contributed by atoms with van der Waals surface area (Å²) in [6, 6.07) is 9.10. The molecule has 0 aliphatic carbocycles. The zero-order valence-electron chi connectivity index (χ0n) is 18.1. The molecule has 4 rings (SSSR count). The highest BCUT2D eigenvalue weighted by molar-refractivity contribution is 5.98. The summed E-state index contributed by atoms with van der Waals surface area (Å²) >= 11 is 0. The van der Waals surface area contributed by atoms with Gasteiger partial charge in [-0.2, -0.15) is 10.1 Å². The second kappa shape index (κ2) is 10.6. The van der Waals surface area contributed by atoms with E-state index in [0.29, 0.717) is 36.8 Å². The molecule has 0 unspecified atom stereocenters. The molecule has 0 radical (unpaired) electrons. The lowest BCUT2D eigenvalue weighted by atomic mass is 10.1. The second-order valence-corrected chi connectivity index (χ2v) is 7.68. The lowest BCUT2D eigenvalue weighted by Gasteiger charge is -2.13. The van der Waals surface area contributed by atoms with E-state index in [2.05, 4.69) is 36.3 Å². The van der Waals surface area contributed by atoms with Crippen molar-refractivity contribution in [2.24, 2.45) is 5.73 Å². The molecule has 1 aliphatic heterocycles. The standard InChI is InChI=1S/C22H27N9O2/c23-18-4-1-2-9-24-19-17(13-26-22(30-19)28-14-27-21(18)33)20(32)25-12-15-5-7-16(8-6-15)31-11-3-10-29-31/h3,5-8,10-11,13,18H,1-2,4,9,12,14,23H2,(H,25,32)(H,27,33)(H2,24,26,28,30)/t18-/m0/s1. The molecule has 2 aromatic heterocycles. The van der Waals surface area contributed by atoms with Gasteiger partial charge in [-0.05, 0) is 43.0 Å². The smallest absolute Gasteiger partial charge is 0.256 e. The molecular weight excluding hydrogens is 422 g/mol. The summed E-state index contributed by atoms with van der Waals surface area (Å²) in [6.07, 6.45) is 7.22. The third-order valence-electron chi connectivity index (χ3n) is 5.27. The number of carbonyl (C=O) groups excluding carboxylic acids is 2. The minimum absolute atomic E-state index is 0.145. The molecule has 1 aromatic carbocycles. The second-order valence-electron chi connectivity index (χ2n) is 7.68. The summed E-state index contributed by atoms with van der Waals surface area (Å²) in [6.45, 7) is 1.10. The molecule has 0 saturated carbocycles. The first kappa shape index (κ1) is 22.2. The van der Waals surface area contributed by atoms with Crippen LogP contribution in [0.5, 0.6) is 0 Å². The maximum Gasteiger partial charge on any atom is 0.256 e. The monoisotopic (exact) mass is 449 g/mol. The number of nitrogens with one attached hydrogen (secondary N) is 4. The van der Waals surface area contributed by atoms with Crippen LogP contribution in [0.3, 0.4) is 0 Å². The Bertz CT molecular complexity index is 1080. The maximum atomic E-state index is 12.9. The van der Waals surface area contributed by atoms with E-state index in [1.165, 1.54) is 6.20 Å². The summed E-state index contributed by atoms with van der Waals surface area (Å²) < 4.78 is 1.77. The number of aromatic nitrogens is 4. The van der Waals surface area contributed by atoms with Crippen LogP contribution in [0.15, 0.2) is 48.9 Å². The van der Waals surface area contributed by atoms with E-state index in [1.54, 1.807) is 10.9 Å². The van der Waals surface area contributed by atoms with Crippen LogP contribution in [0.25, 0.3) is 5.69 Å². The summed E-state index contributed by atoms with van der Waals surface area (Å²) in [5, 5.41) is 16.0. The molecule has 0 fully saturated rings. The molecule has 1 atom stereocenters. The number of nitrogens with two attached hydrogens (primary N) is 1. The van der Waals surface area contributed by atoms with Gasteiger partial charge in [-0.1, -0.05) is 12.1 Å². The first-order valence-corrected chi connectivity index (χ1v) is 10.9. The predicted octanol–water partition coefficient (Wildman–Crippen LogP) is 1.00. The molecule has 3 aromatic rings. The zero-order valence-corrected chi connectivity index (χ0v) is 18.1. The van der Waals surface area contributed by atoms with Crippen molar-refractivity contribution in [1.82, 2.24) is 30.4 Å². The van der Waals surface area contributed by atoms with Crippen molar-refractivity contribution in [3.63, 3.8) is 0 Å². The number of anilines is 2. The number of benzene rings is 1. The van der Waals surface area contributed by atoms with Crippen LogP contribution in [0, 0.1) is 0 Å². The van der Waals surface area contributed by atoms with Gasteiger partial charge in [0.15, 0.2) is 0 Å². The summed E-state index contributed by atoms with van der Waals surface area (Å²) in [4.78, 5) is 33.4. The van der Waals surface area contributed by atoms with Gasteiger partial charge in [0.05, 0.1) is 18.4 Å². The Morgan fingerprint density at radius 2 is 2.03 bits per heavy atom. The molecular formula is C22H27N9O2. The summed E-state index contributed by atoms with van der Waals surface area (Å²) in [5.74, 6) is 0.244. The van der Waals surface area contributed by atoms with Crippen LogP contribution in [-0.2, 0) is 11.3 Å². The Balaban J connectivity index is 1.41. The molecule has 11 heteroatoms. The van der Waals surface area contributed by atoms with Crippen molar-refractivity contribution < 1.29 is 9.59 Å². The van der Waals surface area contributed by atoms with Crippen LogP contribution in [0.4, 0.5) is 11.8 Å². The zero-order chi connectivity index (χ0) is 23.0. The molecule has 0 spiro atoms. The van der Waals surface area contributed by atoms with Gasteiger partial charge in [0.1, 0.15) is 11.4 Å². The number of hydrogen-bond acceptors (Lipinski definition) is 8. The number of amides is 2. The quantitative estimate of drug-likeness (QED) is 0.396. The van der Waals surface area contributed by atoms with Gasteiger partial charge in [-0.25, -0.2) is 9.67 Å². The Hall–Kier alpha value is -3.99. The third kappa shape index (κ3) is 5.83. The number of fused-ring (bicyclic) bond motifs is 2. The minimum atomic E-state index is -0.550. The number of nitrogens with zero attached hydrogens (tertiary/aromatic N) is 4. The van der Waals surface area contributed by atoms with Gasteiger partial charge < -0.3 is 27.0 Å². The van der Waals surface area contributed by atoms with Gasteiger partial charge in [0.2, 0.25) is 11.9 Å². The van der Waals surface area contributed by atoms with Crippen LogP contribution >= 0.6 is 0 Å². The Morgan fingerprint density at radius 1 is 1.18 bits per heavy atom. The SMILES string of the molecule is N[C@H]1CCCCNc2nc(ncc2C(=O)NCc2ccc(-n3cccn3)cc2)NCNC1=O. The molecule has 33 heavy (non-hydrogen) atoms. The number of carbonyl (C=O) groups is 2. The number of hydrogen-bond donors (Lipinski definition) is 5. The predicted molar refractivity (Wildman–Crippen MR) is 124 cm³/mol. The van der Waals surface area contributed by atoms with E-state index in [-0.39, 0.29) is 18.5 Å². The van der Waals surface area contributed by atoms with Gasteiger partial charge in [-0.3, -0.25) is 9.59 Å². The van der Waals surface area contributed by atoms with Crippen LogP contribution in [0.1, 0.15) is 35.2 Å². The van der Waals surface area contributed by atoms with Gasteiger partial charge in [0, 0.05) is 31.7 Å². The fraction of sp³-hybridized carbons (Fsp3) is 0.318. The summed E-state index contributed by atoms with van der Waals surface area (Å²) in [7, 11) is 0. The Kier molecular flexibility index (Phi) is 7.10. The maximum absolute atomic E-state index is 12.9. The van der Waals surface area contributed by atoms with Crippen molar-refractivity contribution in [3.05, 3.63) is 60.0 Å². The van der Waals surface area contributed by atoms with E-state index in [4.69, 9.17) is 5.73 Å². The van der Waals surface area contributed by atoms with E-state index in [0.717, 1.165) is 24.1 Å². The Morgan fingerprint density at radius 3 is 2.82 bits per heavy atom. The average Bonchev–Trinajstić information content (AvgIpc) is 3.37. The van der Waals surface area contributed by atoms with Crippen molar-refractivity contribution >= 4 is 23.6 Å². The normalized spacial score (nSPS) is 16.8. The highest BCUT2D eigenvalue weighted by Gasteiger charge is 2.17. The minimum Gasteiger partial charge on any atom is -0.369 e. The molecule has 1 aliphatic rings. The third-order valence-corrected chi connectivity index (χ3v) is 5.27. The van der Waals surface area contributed by atoms with Gasteiger partial charge >= 0.3 is 0 Å². The molecule has 2 bridgehead atoms. The van der Waals surface area contributed by atoms with Crippen molar-refractivity contribution in [1.29, 1.82) is 0 Å². The first-order valence-electron chi connectivity index (χ1n) is 10.9. The molecule has 0 saturated heterocycles. The van der Waals surface area contributed by atoms with Crippen molar-refractivity contribution in [2.45, 2.75) is 31.8 Å². The van der Waals surface area contributed by atoms with E-state index < -0.39 is 6.04 Å². The van der Waals surface area contributed by atoms with Crippen LogP contribution in [-0.4, -0.2) is 50.8 Å². The lowest BCUT2D eigenvalue weighted by Crippen LogP contribution is -2.42. The van der Waals surface area contributed by atoms with Crippen LogP contribution in [0.2, 0.25) is 0 Å². The Labute approximate surface area is 191 Å². The fourth-order valence-electron chi connectivity index (χ4n) is 3.40. The van der Waals surface area contributed by atoms with E-state index in [9.17, 15) is 9.59 Å². The van der Waals surface area contributed by atoms with Crippen LogP contribution < -0.4 is 27.0 Å². The highest BCUT2D eigenvalue weighted by atomic mass is 16.2. The fourth-order valence-corrected chi connectivity index (χ4v) is 3.40. The topological polar surface area (TPSA) is 152 Å². The van der Waals surface area contributed by atoms with Gasteiger partial charge in [0.25, 0.3) is 5.91 Å². The summed E-state index contributed by atoms with van der Waals surface area (Å²) in [5.41, 5.74) is 8.15. The largest absolute Gasteiger partial charge is 0.369 e. The molecule has 6 N–H and O–H groups in total.